The smallest absolute Gasteiger partial charge is 0.0998 e. The van der Waals surface area contributed by atoms with Crippen molar-refractivity contribution in [3.05, 3.63) is 224 Å². The highest BCUT2D eigenvalue weighted by atomic mass is 15.1. The molecule has 0 aliphatic rings. The van der Waals surface area contributed by atoms with Crippen LogP contribution in [0.2, 0.25) is 0 Å². The first-order chi connectivity index (χ1) is 32.7. The zero-order valence-electron chi connectivity index (χ0n) is 35.5. The van der Waals surface area contributed by atoms with Crippen LogP contribution in [0.1, 0.15) is 5.56 Å². The Morgan fingerprint density at radius 1 is 0.318 bits per heavy atom. The van der Waals surface area contributed by atoms with Crippen molar-refractivity contribution in [2.24, 2.45) is 0 Å². The van der Waals surface area contributed by atoms with Crippen molar-refractivity contribution in [2.45, 2.75) is 0 Å². The number of benzene rings is 9. The van der Waals surface area contributed by atoms with E-state index in [0.717, 1.165) is 99.6 Å². The molecule has 5 heterocycles. The predicted molar refractivity (Wildman–Crippen MR) is 272 cm³/mol. The van der Waals surface area contributed by atoms with Crippen LogP contribution in [0, 0.1) is 11.3 Å². The van der Waals surface area contributed by atoms with E-state index >= 15 is 0 Å². The van der Waals surface area contributed by atoms with Gasteiger partial charge in [-0.3, -0.25) is 4.98 Å². The summed E-state index contributed by atoms with van der Waals surface area (Å²) in [5.74, 6) is 0. The monoisotopic (exact) mass is 840 g/mol. The Hall–Kier alpha value is -9.18. The molecule has 0 amide bonds. The van der Waals surface area contributed by atoms with Gasteiger partial charge in [0.2, 0.25) is 0 Å². The van der Waals surface area contributed by atoms with Gasteiger partial charge in [0.25, 0.3) is 0 Å². The topological polar surface area (TPSA) is 56.4 Å². The second kappa shape index (κ2) is 13.9. The maximum absolute atomic E-state index is 10.9. The normalized spacial score (nSPS) is 11.9. The van der Waals surface area contributed by atoms with E-state index in [-0.39, 0.29) is 0 Å². The molecular formula is C60H36N6. The van der Waals surface area contributed by atoms with Crippen LogP contribution in [0.25, 0.3) is 121 Å². The van der Waals surface area contributed by atoms with Gasteiger partial charge in [0.1, 0.15) is 0 Å². The Kier molecular flexibility index (Phi) is 7.65. The molecule has 0 saturated heterocycles. The Labute approximate surface area is 378 Å². The largest absolute Gasteiger partial charge is 0.309 e. The first kappa shape index (κ1) is 36.3. The Bertz CT molecular complexity index is 4100. The summed E-state index contributed by atoms with van der Waals surface area (Å²) in [5, 5.41) is 20.2. The molecule has 9 aromatic carbocycles. The molecular weight excluding hydrogens is 805 g/mol. The fourth-order valence-corrected chi connectivity index (χ4v) is 10.9. The standard InChI is InChI=1S/C60H36N6/c61-35-38-17-7-8-22-41(38)60-58(65-52-29-15-11-25-44(52)48-31-46-42-23-9-13-27-50(42)63(54(46)33-56(48)65)39-18-3-1-4-19-39)36-62-37-59(60)66-53-30-16-12-26-45(53)49-32-47-43-24-10-14-28-51(43)64(55(47)34-57(49)66)40-20-5-2-6-21-40/h1-34,36-37H. The molecule has 14 aromatic rings. The third-order valence-corrected chi connectivity index (χ3v) is 13.7. The van der Waals surface area contributed by atoms with Crippen LogP contribution in [0.15, 0.2) is 219 Å². The number of fused-ring (bicyclic) bond motifs is 12. The summed E-state index contributed by atoms with van der Waals surface area (Å²) in [5.41, 5.74) is 15.1. The third kappa shape index (κ3) is 5.02. The van der Waals surface area contributed by atoms with Gasteiger partial charge in [-0.15, -0.1) is 0 Å². The molecule has 5 aromatic heterocycles. The number of nitriles is 1. The fraction of sp³-hybridized carbons (Fsp3) is 0. The molecule has 0 saturated carbocycles. The van der Waals surface area contributed by atoms with Crippen LogP contribution in [0.3, 0.4) is 0 Å². The second-order valence-electron chi connectivity index (χ2n) is 17.1. The predicted octanol–water partition coefficient (Wildman–Crippen LogP) is 15.0. The molecule has 0 N–H and O–H groups in total. The number of pyridine rings is 1. The highest BCUT2D eigenvalue weighted by Gasteiger charge is 2.26. The van der Waals surface area contributed by atoms with Crippen LogP contribution < -0.4 is 0 Å². The molecule has 6 nitrogen and oxygen atoms in total. The lowest BCUT2D eigenvalue weighted by molar-refractivity contribution is 1.09. The molecule has 306 valence electrons. The third-order valence-electron chi connectivity index (χ3n) is 13.7. The molecule has 0 aliphatic heterocycles. The lowest BCUT2D eigenvalue weighted by Crippen LogP contribution is -2.06. The number of para-hydroxylation sites is 6. The molecule has 0 fully saturated rings. The van der Waals surface area contributed by atoms with Crippen LogP contribution in [0.5, 0.6) is 0 Å². The van der Waals surface area contributed by atoms with Gasteiger partial charge in [-0.25, -0.2) is 0 Å². The molecule has 0 spiro atoms. The molecule has 0 aliphatic carbocycles. The molecule has 0 atom stereocenters. The zero-order chi connectivity index (χ0) is 43.5. The van der Waals surface area contributed by atoms with E-state index in [4.69, 9.17) is 4.98 Å². The van der Waals surface area contributed by atoms with Crippen molar-refractivity contribution in [1.82, 2.24) is 23.3 Å². The van der Waals surface area contributed by atoms with E-state index in [9.17, 15) is 5.26 Å². The average molecular weight is 841 g/mol. The average Bonchev–Trinajstić information content (AvgIpc) is 4.09. The van der Waals surface area contributed by atoms with E-state index in [1.807, 2.05) is 30.6 Å². The summed E-state index contributed by atoms with van der Waals surface area (Å²) in [6.45, 7) is 0. The summed E-state index contributed by atoms with van der Waals surface area (Å²) < 4.78 is 9.49. The van der Waals surface area contributed by atoms with Crippen molar-refractivity contribution < 1.29 is 0 Å². The summed E-state index contributed by atoms with van der Waals surface area (Å²) in [6.07, 6.45) is 3.96. The quantitative estimate of drug-likeness (QED) is 0.173. The number of aromatic nitrogens is 5. The van der Waals surface area contributed by atoms with Gasteiger partial charge in [-0.2, -0.15) is 5.26 Å². The van der Waals surface area contributed by atoms with Crippen LogP contribution in [-0.4, -0.2) is 23.3 Å². The molecule has 0 bridgehead atoms. The number of nitrogens with zero attached hydrogens (tertiary/aromatic N) is 6. The Morgan fingerprint density at radius 2 is 0.667 bits per heavy atom. The van der Waals surface area contributed by atoms with Gasteiger partial charge in [-0.1, -0.05) is 127 Å². The van der Waals surface area contributed by atoms with Gasteiger partial charge in [0.15, 0.2) is 0 Å². The molecule has 14 rings (SSSR count). The van der Waals surface area contributed by atoms with Crippen molar-refractivity contribution in [1.29, 1.82) is 5.26 Å². The fourth-order valence-electron chi connectivity index (χ4n) is 10.9. The van der Waals surface area contributed by atoms with Gasteiger partial charge >= 0.3 is 0 Å². The van der Waals surface area contributed by atoms with E-state index in [1.54, 1.807) is 0 Å². The summed E-state index contributed by atoms with van der Waals surface area (Å²) in [6, 6.07) is 75.9. The molecule has 0 radical (unpaired) electrons. The SMILES string of the molecule is N#Cc1ccccc1-c1c(-n2c3ccccc3c3cc4c5ccccc5n(-c5ccccc5)c4cc32)cncc1-n1c2ccccc2c2cc3c4ccccc4n(-c4ccccc4)c3cc21. The lowest BCUT2D eigenvalue weighted by atomic mass is 9.97. The minimum Gasteiger partial charge on any atom is -0.309 e. The first-order valence-electron chi connectivity index (χ1n) is 22.3. The summed E-state index contributed by atoms with van der Waals surface area (Å²) in [4.78, 5) is 5.15. The maximum atomic E-state index is 10.9. The second-order valence-corrected chi connectivity index (χ2v) is 17.1. The van der Waals surface area contributed by atoms with Crippen molar-refractivity contribution in [3.63, 3.8) is 0 Å². The van der Waals surface area contributed by atoms with Crippen molar-refractivity contribution >= 4 is 87.2 Å². The Balaban J connectivity index is 1.14. The molecule has 0 unspecified atom stereocenters. The van der Waals surface area contributed by atoms with Crippen molar-refractivity contribution in [3.8, 4) is 39.9 Å². The Morgan fingerprint density at radius 3 is 1.09 bits per heavy atom. The van der Waals surface area contributed by atoms with Gasteiger partial charge in [-0.05, 0) is 78.9 Å². The minimum atomic E-state index is 0.589. The van der Waals surface area contributed by atoms with E-state index in [1.165, 1.54) is 21.5 Å². The van der Waals surface area contributed by atoms with Gasteiger partial charge < -0.3 is 18.3 Å². The molecule has 66 heavy (non-hydrogen) atoms. The van der Waals surface area contributed by atoms with Crippen LogP contribution in [-0.2, 0) is 0 Å². The van der Waals surface area contributed by atoms with Crippen LogP contribution >= 0.6 is 0 Å². The van der Waals surface area contributed by atoms with E-state index < -0.39 is 0 Å². The zero-order valence-corrected chi connectivity index (χ0v) is 35.5. The highest BCUT2D eigenvalue weighted by Crippen LogP contribution is 2.46. The number of hydrogen-bond donors (Lipinski definition) is 0. The molecule has 6 heteroatoms. The lowest BCUT2D eigenvalue weighted by Gasteiger charge is -2.20. The maximum Gasteiger partial charge on any atom is 0.0998 e. The summed E-state index contributed by atoms with van der Waals surface area (Å²) in [7, 11) is 0. The number of rotatable bonds is 5. The van der Waals surface area contributed by atoms with Gasteiger partial charge in [0, 0.05) is 65.6 Å². The van der Waals surface area contributed by atoms with Gasteiger partial charge in [0.05, 0.1) is 79.5 Å². The van der Waals surface area contributed by atoms with Crippen LogP contribution in [0.4, 0.5) is 0 Å². The minimum absolute atomic E-state index is 0.589. The van der Waals surface area contributed by atoms with E-state index in [2.05, 4.69) is 212 Å². The van der Waals surface area contributed by atoms with E-state index in [0.29, 0.717) is 5.56 Å². The highest BCUT2D eigenvalue weighted by molar-refractivity contribution is 6.21. The number of hydrogen-bond acceptors (Lipinski definition) is 2. The first-order valence-corrected chi connectivity index (χ1v) is 22.3. The summed E-state index contributed by atoms with van der Waals surface area (Å²) >= 11 is 0. The van der Waals surface area contributed by atoms with Crippen molar-refractivity contribution in [2.75, 3.05) is 0 Å².